The van der Waals surface area contributed by atoms with Crippen LogP contribution in [-0.2, 0) is 22.8 Å². The van der Waals surface area contributed by atoms with Gasteiger partial charge in [-0.2, -0.15) is 0 Å². The van der Waals surface area contributed by atoms with E-state index in [1.54, 1.807) is 0 Å². The number of aromatic nitrogens is 2. The minimum atomic E-state index is -2.83. The molecule has 2 aliphatic heterocycles. The van der Waals surface area contributed by atoms with Crippen molar-refractivity contribution in [1.29, 1.82) is 0 Å². The van der Waals surface area contributed by atoms with Crippen molar-refractivity contribution in [1.82, 2.24) is 14.9 Å². The molecule has 0 radical (unpaired) electrons. The lowest BCUT2D eigenvalue weighted by Crippen LogP contribution is -2.32. The number of fused-ring (bicyclic) bond motifs is 1. The van der Waals surface area contributed by atoms with Crippen LogP contribution < -0.4 is 10.2 Å². The van der Waals surface area contributed by atoms with Crippen molar-refractivity contribution in [3.8, 4) is 11.3 Å². The van der Waals surface area contributed by atoms with E-state index in [4.69, 9.17) is 0 Å². The molecule has 0 amide bonds. The van der Waals surface area contributed by atoms with Crippen LogP contribution in [0.15, 0.2) is 30.7 Å². The maximum Gasteiger partial charge on any atom is 0.151 e. The normalized spacial score (nSPS) is 20.9. The summed E-state index contributed by atoms with van der Waals surface area (Å²) in [4.78, 5) is 6.81. The summed E-state index contributed by atoms with van der Waals surface area (Å²) in [5.74, 6) is 0.577. The molecule has 6 nitrogen and oxygen atoms in total. The van der Waals surface area contributed by atoms with E-state index >= 15 is 0 Å². The quantitative estimate of drug-likeness (QED) is 0.787. The van der Waals surface area contributed by atoms with Crippen molar-refractivity contribution in [3.05, 3.63) is 36.3 Å². The van der Waals surface area contributed by atoms with Gasteiger partial charge in [-0.3, -0.25) is 0 Å². The fraction of sp³-hybridized carbons (Fsp3) is 0.550. The number of hydrogen-bond donors (Lipinski definition) is 1. The van der Waals surface area contributed by atoms with Gasteiger partial charge >= 0.3 is 0 Å². The van der Waals surface area contributed by atoms with Crippen LogP contribution in [-0.4, -0.2) is 55.2 Å². The molecule has 1 atom stereocenters. The van der Waals surface area contributed by atoms with Crippen LogP contribution in [0.25, 0.3) is 11.3 Å². The fourth-order valence-corrected chi connectivity index (χ4v) is 5.92. The molecule has 0 unspecified atom stereocenters. The Bertz CT molecular complexity index is 906. The van der Waals surface area contributed by atoms with Gasteiger partial charge in [0.15, 0.2) is 9.84 Å². The molecule has 27 heavy (non-hydrogen) atoms. The van der Waals surface area contributed by atoms with E-state index in [0.717, 1.165) is 44.7 Å². The van der Waals surface area contributed by atoms with Gasteiger partial charge in [-0.25, -0.2) is 13.4 Å². The third-order valence-corrected chi connectivity index (χ3v) is 7.36. The van der Waals surface area contributed by atoms with Crippen LogP contribution in [0.2, 0.25) is 0 Å². The second-order valence-corrected chi connectivity index (χ2v) is 9.84. The van der Waals surface area contributed by atoms with Gasteiger partial charge in [0, 0.05) is 43.5 Å². The molecular weight excluding hydrogens is 360 g/mol. The third kappa shape index (κ3) is 4.04. The number of rotatable bonds is 7. The molecule has 7 heteroatoms. The van der Waals surface area contributed by atoms with Gasteiger partial charge in [0.05, 0.1) is 29.7 Å². The zero-order valence-electron chi connectivity index (χ0n) is 15.9. The highest BCUT2D eigenvalue weighted by molar-refractivity contribution is 7.91. The van der Waals surface area contributed by atoms with Crippen molar-refractivity contribution in [2.45, 2.75) is 38.8 Å². The average Bonchev–Trinajstić information content (AvgIpc) is 3.34. The molecule has 1 N–H and O–H groups in total. The smallest absolute Gasteiger partial charge is 0.151 e. The van der Waals surface area contributed by atoms with Gasteiger partial charge < -0.3 is 14.8 Å². The fourth-order valence-electron chi connectivity index (χ4n) is 4.22. The summed E-state index contributed by atoms with van der Waals surface area (Å²) >= 11 is 0. The van der Waals surface area contributed by atoms with Crippen LogP contribution in [0.3, 0.4) is 0 Å². The lowest BCUT2D eigenvalue weighted by Gasteiger charge is -2.18. The van der Waals surface area contributed by atoms with Crippen LogP contribution in [0.4, 0.5) is 5.69 Å². The lowest BCUT2D eigenvalue weighted by atomic mass is 10.1. The second kappa shape index (κ2) is 7.64. The van der Waals surface area contributed by atoms with Gasteiger partial charge in [-0.15, -0.1) is 0 Å². The van der Waals surface area contributed by atoms with E-state index in [2.05, 4.69) is 44.9 Å². The lowest BCUT2D eigenvalue weighted by molar-refractivity contribution is 0.521. The highest BCUT2D eigenvalue weighted by Crippen LogP contribution is 2.32. The summed E-state index contributed by atoms with van der Waals surface area (Å²) in [7, 11) is -2.83. The van der Waals surface area contributed by atoms with E-state index in [1.807, 2.05) is 12.5 Å². The zero-order valence-corrected chi connectivity index (χ0v) is 16.7. The van der Waals surface area contributed by atoms with E-state index in [-0.39, 0.29) is 11.8 Å². The number of sulfone groups is 1. The molecule has 0 aliphatic carbocycles. The van der Waals surface area contributed by atoms with E-state index in [1.165, 1.54) is 23.2 Å². The molecule has 146 valence electrons. The molecule has 0 bridgehead atoms. The van der Waals surface area contributed by atoms with Crippen molar-refractivity contribution >= 4 is 15.5 Å². The Kier molecular flexibility index (Phi) is 5.23. The number of benzene rings is 1. The first kappa shape index (κ1) is 18.5. The Morgan fingerprint density at radius 3 is 2.96 bits per heavy atom. The van der Waals surface area contributed by atoms with Gasteiger partial charge in [-0.05, 0) is 37.0 Å². The van der Waals surface area contributed by atoms with Gasteiger partial charge in [0.1, 0.15) is 0 Å². The number of anilines is 1. The highest BCUT2D eigenvalue weighted by Gasteiger charge is 2.27. The van der Waals surface area contributed by atoms with Crippen LogP contribution >= 0.6 is 0 Å². The molecule has 3 heterocycles. The molecule has 1 aromatic carbocycles. The largest absolute Gasteiger partial charge is 0.371 e. The first-order valence-electron chi connectivity index (χ1n) is 9.88. The molecule has 1 aromatic heterocycles. The van der Waals surface area contributed by atoms with E-state index in [0.29, 0.717) is 5.75 Å². The molecule has 4 rings (SSSR count). The molecule has 0 saturated carbocycles. The van der Waals surface area contributed by atoms with Crippen molar-refractivity contribution in [2.24, 2.45) is 0 Å². The maximum atomic E-state index is 11.6. The number of nitrogens with one attached hydrogen (secondary N) is 1. The second-order valence-electron chi connectivity index (χ2n) is 7.61. The Morgan fingerprint density at radius 2 is 2.19 bits per heavy atom. The van der Waals surface area contributed by atoms with Crippen LogP contribution in [0.5, 0.6) is 0 Å². The SMILES string of the molecule is CCCN1CCc2cc(-c3cncn3CCN[C@@H]3CCS(=O)(=O)C3)ccc21. The van der Waals surface area contributed by atoms with E-state index < -0.39 is 9.84 Å². The minimum absolute atomic E-state index is 0.0894. The van der Waals surface area contributed by atoms with Gasteiger partial charge in [0.2, 0.25) is 0 Å². The molecule has 1 fully saturated rings. The van der Waals surface area contributed by atoms with Crippen LogP contribution in [0.1, 0.15) is 25.3 Å². The van der Waals surface area contributed by atoms with Crippen LogP contribution in [0, 0.1) is 0 Å². The summed E-state index contributed by atoms with van der Waals surface area (Å²) in [6.07, 6.45) is 6.77. The summed E-state index contributed by atoms with van der Waals surface area (Å²) in [6.45, 7) is 5.98. The third-order valence-electron chi connectivity index (χ3n) is 5.59. The van der Waals surface area contributed by atoms with E-state index in [9.17, 15) is 8.42 Å². The average molecular weight is 389 g/mol. The molecule has 0 spiro atoms. The monoisotopic (exact) mass is 388 g/mol. The maximum absolute atomic E-state index is 11.6. The Balaban J connectivity index is 1.42. The van der Waals surface area contributed by atoms with Crippen molar-refractivity contribution < 1.29 is 8.42 Å². The topological polar surface area (TPSA) is 67.2 Å². The Morgan fingerprint density at radius 1 is 1.30 bits per heavy atom. The molecule has 2 aromatic rings. The molecular formula is C20H28N4O2S. The van der Waals surface area contributed by atoms with Crippen molar-refractivity contribution in [2.75, 3.05) is 36.0 Å². The summed E-state index contributed by atoms with van der Waals surface area (Å²) in [5.41, 5.74) is 5.11. The zero-order chi connectivity index (χ0) is 18.9. The predicted octanol–water partition coefficient (Wildman–Crippen LogP) is 2.10. The Labute approximate surface area is 161 Å². The summed E-state index contributed by atoms with van der Waals surface area (Å²) in [6, 6.07) is 6.82. The van der Waals surface area contributed by atoms with Crippen molar-refractivity contribution in [3.63, 3.8) is 0 Å². The van der Waals surface area contributed by atoms with Gasteiger partial charge in [0.25, 0.3) is 0 Å². The summed E-state index contributed by atoms with van der Waals surface area (Å²) < 4.78 is 25.3. The highest BCUT2D eigenvalue weighted by atomic mass is 32.2. The number of hydrogen-bond acceptors (Lipinski definition) is 5. The predicted molar refractivity (Wildman–Crippen MR) is 109 cm³/mol. The number of imidazole rings is 1. The molecule has 1 saturated heterocycles. The molecule has 2 aliphatic rings. The number of nitrogens with zero attached hydrogens (tertiary/aromatic N) is 3. The standard InChI is InChI=1S/C20H28N4O2S/c1-2-8-23-9-5-17-12-16(3-4-19(17)23)20-13-21-15-24(20)10-7-22-18-6-11-27(25,26)14-18/h3-4,12-13,15,18,22H,2,5-11,14H2,1H3/t18-/m1/s1. The first-order chi connectivity index (χ1) is 13.1. The minimum Gasteiger partial charge on any atom is -0.371 e. The first-order valence-corrected chi connectivity index (χ1v) is 11.7. The Hall–Kier alpha value is -1.86. The summed E-state index contributed by atoms with van der Waals surface area (Å²) in [5, 5.41) is 3.38. The van der Waals surface area contributed by atoms with Gasteiger partial charge in [-0.1, -0.05) is 13.0 Å².